The van der Waals surface area contributed by atoms with E-state index in [-0.39, 0.29) is 28.4 Å². The maximum absolute atomic E-state index is 13.4. The van der Waals surface area contributed by atoms with E-state index in [1.807, 2.05) is 0 Å². The molecule has 2 fully saturated rings. The lowest BCUT2D eigenvalue weighted by Crippen LogP contribution is -2.35. The average Bonchev–Trinajstić information content (AvgIpc) is 3.56. The molecule has 2 aliphatic carbocycles. The number of carbonyl (C=O) groups excluding carboxylic acids is 1. The summed E-state index contributed by atoms with van der Waals surface area (Å²) >= 11 is 2.90. The van der Waals surface area contributed by atoms with Crippen LogP contribution in [0, 0.1) is 17.8 Å². The van der Waals surface area contributed by atoms with Crippen LogP contribution in [0.2, 0.25) is 0 Å². The Morgan fingerprint density at radius 2 is 1.72 bits per heavy atom. The highest BCUT2D eigenvalue weighted by Crippen LogP contribution is 2.64. The molecular weight excluding hydrogens is 541 g/mol. The third-order valence-corrected chi connectivity index (χ3v) is 11.5. The van der Waals surface area contributed by atoms with E-state index in [9.17, 15) is 22.8 Å². The van der Waals surface area contributed by atoms with Crippen LogP contribution >= 0.6 is 23.1 Å². The average molecular weight is 573 g/mol. The van der Waals surface area contributed by atoms with E-state index in [4.69, 9.17) is 0 Å². The number of alkyl halides is 3. The zero-order valence-corrected chi connectivity index (χ0v) is 23.7. The molecular formula is C30H31F3N2O2S2. The summed E-state index contributed by atoms with van der Waals surface area (Å²) in [4.78, 5) is 27.0. The number of fused-ring (bicyclic) bond motifs is 6. The quantitative estimate of drug-likeness (QED) is 0.352. The van der Waals surface area contributed by atoms with Crippen LogP contribution in [0.4, 0.5) is 18.9 Å². The SMILES string of the molecule is CC(C)(C)c1ccc([C@@H]2c3sc(=O)n(CC(=O)Nc4ccccc4C(F)(F)F)c3S[C@@H]3[C@H]4CC[C@@H](C4)[C@@H]23)cc1. The molecule has 2 saturated carbocycles. The van der Waals surface area contributed by atoms with Gasteiger partial charge in [0.25, 0.3) is 0 Å². The van der Waals surface area contributed by atoms with Gasteiger partial charge in [-0.1, -0.05) is 68.5 Å². The molecule has 0 unspecified atom stereocenters. The summed E-state index contributed by atoms with van der Waals surface area (Å²) in [5.74, 6) is 1.10. The molecule has 39 heavy (non-hydrogen) atoms. The number of rotatable bonds is 4. The molecule has 206 valence electrons. The van der Waals surface area contributed by atoms with Crippen LogP contribution in [0.1, 0.15) is 67.5 Å². The largest absolute Gasteiger partial charge is 0.418 e. The number of hydrogen-bond acceptors (Lipinski definition) is 4. The molecule has 5 atom stereocenters. The summed E-state index contributed by atoms with van der Waals surface area (Å²) in [6.45, 7) is 6.25. The molecule has 3 aromatic rings. The van der Waals surface area contributed by atoms with Crippen molar-refractivity contribution in [2.45, 2.75) is 74.4 Å². The van der Waals surface area contributed by atoms with Crippen molar-refractivity contribution >= 4 is 34.7 Å². The number of nitrogens with one attached hydrogen (secondary N) is 1. The first kappa shape index (κ1) is 26.7. The van der Waals surface area contributed by atoms with Crippen molar-refractivity contribution in [2.75, 3.05) is 5.32 Å². The van der Waals surface area contributed by atoms with Gasteiger partial charge in [0.15, 0.2) is 0 Å². The molecule has 2 bridgehead atoms. The molecule has 1 aromatic heterocycles. The molecule has 2 aromatic carbocycles. The third kappa shape index (κ3) is 4.75. The Balaban J connectivity index is 1.35. The number of halogens is 3. The van der Waals surface area contributed by atoms with Gasteiger partial charge in [-0.3, -0.25) is 14.2 Å². The predicted octanol–water partition coefficient (Wildman–Crippen LogP) is 7.52. The van der Waals surface area contributed by atoms with Gasteiger partial charge < -0.3 is 5.32 Å². The number of hydrogen-bond donors (Lipinski definition) is 1. The minimum Gasteiger partial charge on any atom is -0.324 e. The topological polar surface area (TPSA) is 51.1 Å². The summed E-state index contributed by atoms with van der Waals surface area (Å²) in [5.41, 5.74) is 1.28. The number of thiazole rings is 1. The van der Waals surface area contributed by atoms with Crippen LogP contribution in [-0.4, -0.2) is 15.7 Å². The summed E-state index contributed by atoms with van der Waals surface area (Å²) in [6, 6.07) is 13.7. The van der Waals surface area contributed by atoms with Crippen molar-refractivity contribution < 1.29 is 18.0 Å². The summed E-state index contributed by atoms with van der Waals surface area (Å²) in [6.07, 6.45) is -0.987. The smallest absolute Gasteiger partial charge is 0.324 e. The van der Waals surface area contributed by atoms with Crippen molar-refractivity contribution in [3.63, 3.8) is 0 Å². The van der Waals surface area contributed by atoms with E-state index in [1.165, 1.54) is 64.5 Å². The lowest BCUT2D eigenvalue weighted by Gasteiger charge is -2.40. The first-order valence-electron chi connectivity index (χ1n) is 13.4. The highest BCUT2D eigenvalue weighted by atomic mass is 32.2. The van der Waals surface area contributed by atoms with Crippen LogP contribution in [0.25, 0.3) is 0 Å². The van der Waals surface area contributed by atoms with Gasteiger partial charge in [-0.05, 0) is 65.7 Å². The van der Waals surface area contributed by atoms with E-state index < -0.39 is 17.6 Å². The van der Waals surface area contributed by atoms with E-state index in [0.29, 0.717) is 23.0 Å². The maximum atomic E-state index is 13.4. The zero-order valence-electron chi connectivity index (χ0n) is 22.0. The first-order chi connectivity index (χ1) is 18.4. The van der Waals surface area contributed by atoms with Gasteiger partial charge in [-0.2, -0.15) is 13.2 Å². The minimum atomic E-state index is -4.59. The van der Waals surface area contributed by atoms with Crippen molar-refractivity contribution in [1.29, 1.82) is 0 Å². The fourth-order valence-electron chi connectivity index (χ4n) is 6.82. The molecule has 3 aliphatic rings. The van der Waals surface area contributed by atoms with Crippen LogP contribution in [-0.2, 0) is 22.9 Å². The number of nitrogens with zero attached hydrogens (tertiary/aromatic N) is 1. The Morgan fingerprint density at radius 3 is 2.41 bits per heavy atom. The van der Waals surface area contributed by atoms with Gasteiger partial charge in [-0.15, -0.1) is 11.8 Å². The highest BCUT2D eigenvalue weighted by Gasteiger charge is 2.55. The molecule has 0 spiro atoms. The van der Waals surface area contributed by atoms with Gasteiger partial charge >= 0.3 is 11.0 Å². The Morgan fingerprint density at radius 1 is 1.03 bits per heavy atom. The summed E-state index contributed by atoms with van der Waals surface area (Å²) < 4.78 is 41.8. The molecule has 6 rings (SSSR count). The van der Waals surface area contributed by atoms with Gasteiger partial charge in [0, 0.05) is 16.0 Å². The second-order valence-corrected chi connectivity index (χ2v) is 14.2. The second-order valence-electron chi connectivity index (χ2n) is 12.1. The predicted molar refractivity (Wildman–Crippen MR) is 150 cm³/mol. The normalized spacial score (nSPS) is 25.8. The summed E-state index contributed by atoms with van der Waals surface area (Å²) in [5, 5.41) is 3.58. The Hall–Kier alpha value is -2.52. The molecule has 2 heterocycles. The van der Waals surface area contributed by atoms with E-state index in [0.717, 1.165) is 16.0 Å². The lowest BCUT2D eigenvalue weighted by atomic mass is 9.74. The molecule has 1 N–H and O–H groups in total. The number of amides is 1. The van der Waals surface area contributed by atoms with E-state index in [1.54, 1.807) is 11.8 Å². The number of benzene rings is 2. The Labute approximate surface area is 234 Å². The Kier molecular flexibility index (Phi) is 6.53. The number of anilines is 1. The molecule has 1 aliphatic heterocycles. The lowest BCUT2D eigenvalue weighted by molar-refractivity contribution is -0.137. The molecule has 0 radical (unpaired) electrons. The van der Waals surface area contributed by atoms with E-state index in [2.05, 4.69) is 50.4 Å². The number of aromatic nitrogens is 1. The second kappa shape index (κ2) is 9.54. The van der Waals surface area contributed by atoms with Crippen LogP contribution in [0.15, 0.2) is 58.4 Å². The first-order valence-corrected chi connectivity index (χ1v) is 15.1. The molecule has 1 amide bonds. The third-order valence-electron chi connectivity index (χ3n) is 8.63. The standard InChI is InChI=1S/C30H31F3N2O2S2/c1-29(2,3)19-12-10-16(11-13-19)23-24-17-8-9-18(14-17)25(24)38-27-26(23)39-28(37)35(27)15-22(36)34-21-7-5-4-6-20(21)30(31,32)33/h4-7,10-13,17-18,23-25H,8-9,14-15H2,1-3H3,(H,34,36)/t17-,18-,23-,24-,25+/m0/s1. The van der Waals surface area contributed by atoms with Crippen LogP contribution in [0.3, 0.4) is 0 Å². The van der Waals surface area contributed by atoms with Gasteiger partial charge in [0.2, 0.25) is 5.91 Å². The fraction of sp³-hybridized carbons (Fsp3) is 0.467. The van der Waals surface area contributed by atoms with Gasteiger partial charge in [0.05, 0.1) is 16.3 Å². The number of para-hydroxylation sites is 1. The number of thioether (sulfide) groups is 1. The van der Waals surface area contributed by atoms with Gasteiger partial charge in [-0.25, -0.2) is 0 Å². The van der Waals surface area contributed by atoms with E-state index >= 15 is 0 Å². The molecule has 4 nitrogen and oxygen atoms in total. The van der Waals surface area contributed by atoms with Crippen molar-refractivity contribution in [2.24, 2.45) is 17.8 Å². The zero-order chi connectivity index (χ0) is 27.7. The molecule has 9 heteroatoms. The van der Waals surface area contributed by atoms with Gasteiger partial charge in [0.1, 0.15) is 6.54 Å². The monoisotopic (exact) mass is 572 g/mol. The van der Waals surface area contributed by atoms with Crippen LogP contribution < -0.4 is 10.2 Å². The Bertz CT molecular complexity index is 1470. The number of carbonyl (C=O) groups is 1. The highest BCUT2D eigenvalue weighted by molar-refractivity contribution is 8.00. The van der Waals surface area contributed by atoms with Crippen molar-refractivity contribution in [3.05, 3.63) is 79.8 Å². The van der Waals surface area contributed by atoms with Crippen molar-refractivity contribution in [3.8, 4) is 0 Å². The van der Waals surface area contributed by atoms with Crippen LogP contribution in [0.5, 0.6) is 0 Å². The fourth-order valence-corrected chi connectivity index (χ4v) is 9.97. The maximum Gasteiger partial charge on any atom is 0.418 e. The van der Waals surface area contributed by atoms with Crippen molar-refractivity contribution in [1.82, 2.24) is 4.57 Å². The molecule has 0 saturated heterocycles. The minimum absolute atomic E-state index is 0.0350. The summed E-state index contributed by atoms with van der Waals surface area (Å²) in [7, 11) is 0.